The Hall–Kier alpha value is -2.59. The first-order valence-corrected chi connectivity index (χ1v) is 7.11. The van der Waals surface area contributed by atoms with E-state index in [9.17, 15) is 9.59 Å². The molecule has 0 aliphatic rings. The van der Waals surface area contributed by atoms with Gasteiger partial charge in [-0.15, -0.1) is 0 Å². The number of rotatable bonds is 2. The van der Waals surface area contributed by atoms with Crippen LogP contribution in [0, 0.1) is 6.92 Å². The van der Waals surface area contributed by atoms with Gasteiger partial charge in [0.05, 0.1) is 0 Å². The SMILES string of the molecule is Cc1cc(=O)c2cc(C(=O)Nc3cccc(Cl)c3)ccc2[nH]1. The average Bonchev–Trinajstić information content (AvgIpc) is 2.46. The Labute approximate surface area is 131 Å². The van der Waals surface area contributed by atoms with E-state index in [-0.39, 0.29) is 11.3 Å². The van der Waals surface area contributed by atoms with Crippen molar-refractivity contribution in [1.82, 2.24) is 4.98 Å². The molecule has 0 spiro atoms. The first-order valence-electron chi connectivity index (χ1n) is 6.73. The van der Waals surface area contributed by atoms with E-state index < -0.39 is 0 Å². The molecule has 0 unspecified atom stereocenters. The predicted octanol–water partition coefficient (Wildman–Crippen LogP) is 3.74. The van der Waals surface area contributed by atoms with Crippen molar-refractivity contribution in [2.75, 3.05) is 5.32 Å². The number of pyridine rings is 1. The smallest absolute Gasteiger partial charge is 0.255 e. The highest BCUT2D eigenvalue weighted by Gasteiger charge is 2.09. The number of carbonyl (C=O) groups is 1. The minimum atomic E-state index is -0.288. The Bertz CT molecular complexity index is 931. The summed E-state index contributed by atoms with van der Waals surface area (Å²) in [5, 5.41) is 3.79. The molecule has 3 aromatic rings. The second kappa shape index (κ2) is 5.66. The Morgan fingerprint density at radius 3 is 2.73 bits per heavy atom. The van der Waals surface area contributed by atoms with Crippen LogP contribution in [-0.2, 0) is 0 Å². The number of hydrogen-bond donors (Lipinski definition) is 2. The molecule has 2 aromatic carbocycles. The zero-order chi connectivity index (χ0) is 15.7. The number of carbonyl (C=O) groups excluding carboxylic acids is 1. The molecule has 22 heavy (non-hydrogen) atoms. The van der Waals surface area contributed by atoms with Gasteiger partial charge in [-0.1, -0.05) is 17.7 Å². The highest BCUT2D eigenvalue weighted by molar-refractivity contribution is 6.31. The van der Waals surface area contributed by atoms with Crippen molar-refractivity contribution < 1.29 is 4.79 Å². The zero-order valence-corrected chi connectivity index (χ0v) is 12.6. The molecule has 110 valence electrons. The number of H-pyrrole nitrogens is 1. The number of halogens is 1. The molecule has 5 heteroatoms. The minimum absolute atomic E-state index is 0.108. The van der Waals surface area contributed by atoms with Crippen molar-refractivity contribution in [3.63, 3.8) is 0 Å². The number of hydrogen-bond acceptors (Lipinski definition) is 2. The van der Waals surface area contributed by atoms with Crippen LogP contribution in [0.15, 0.2) is 53.3 Å². The van der Waals surface area contributed by atoms with Crippen molar-refractivity contribution in [1.29, 1.82) is 0 Å². The molecule has 0 aliphatic heterocycles. The monoisotopic (exact) mass is 312 g/mol. The molecule has 3 rings (SSSR count). The number of anilines is 1. The van der Waals surface area contributed by atoms with Crippen LogP contribution in [0.3, 0.4) is 0 Å². The lowest BCUT2D eigenvalue weighted by molar-refractivity contribution is 0.102. The van der Waals surface area contributed by atoms with Crippen LogP contribution in [0.5, 0.6) is 0 Å². The van der Waals surface area contributed by atoms with Crippen LogP contribution in [-0.4, -0.2) is 10.9 Å². The first-order chi connectivity index (χ1) is 10.5. The van der Waals surface area contributed by atoms with E-state index in [4.69, 9.17) is 11.6 Å². The van der Waals surface area contributed by atoms with E-state index in [1.165, 1.54) is 6.07 Å². The fraction of sp³-hybridized carbons (Fsp3) is 0.0588. The van der Waals surface area contributed by atoms with Gasteiger partial charge in [-0.05, 0) is 43.3 Å². The third kappa shape index (κ3) is 2.87. The van der Waals surface area contributed by atoms with Gasteiger partial charge in [0, 0.05) is 38.9 Å². The summed E-state index contributed by atoms with van der Waals surface area (Å²) < 4.78 is 0. The van der Waals surface area contributed by atoms with E-state index in [0.717, 1.165) is 5.69 Å². The van der Waals surface area contributed by atoms with Gasteiger partial charge in [-0.3, -0.25) is 9.59 Å². The summed E-state index contributed by atoms with van der Waals surface area (Å²) in [5.74, 6) is -0.288. The molecule has 1 heterocycles. The summed E-state index contributed by atoms with van der Waals surface area (Å²) in [6, 6.07) is 13.4. The van der Waals surface area contributed by atoms with Gasteiger partial charge in [-0.2, -0.15) is 0 Å². The fourth-order valence-corrected chi connectivity index (χ4v) is 2.48. The lowest BCUT2D eigenvalue weighted by atomic mass is 10.1. The molecule has 0 atom stereocenters. The van der Waals surface area contributed by atoms with Crippen LogP contribution in [0.2, 0.25) is 5.02 Å². The highest BCUT2D eigenvalue weighted by atomic mass is 35.5. The number of aromatic amines is 1. The second-order valence-corrected chi connectivity index (χ2v) is 5.48. The van der Waals surface area contributed by atoms with Gasteiger partial charge in [0.1, 0.15) is 0 Å². The van der Waals surface area contributed by atoms with Gasteiger partial charge in [0.25, 0.3) is 5.91 Å². The lowest BCUT2D eigenvalue weighted by Crippen LogP contribution is -2.13. The molecular formula is C17H13ClN2O2. The molecular weight excluding hydrogens is 300 g/mol. The second-order valence-electron chi connectivity index (χ2n) is 5.04. The molecule has 0 saturated heterocycles. The van der Waals surface area contributed by atoms with Gasteiger partial charge in [0.2, 0.25) is 0 Å². The van der Waals surface area contributed by atoms with E-state index in [1.807, 2.05) is 6.92 Å². The Morgan fingerprint density at radius 2 is 1.95 bits per heavy atom. The van der Waals surface area contributed by atoms with Gasteiger partial charge in [0.15, 0.2) is 5.43 Å². The molecule has 0 saturated carbocycles. The Balaban J connectivity index is 1.96. The van der Waals surface area contributed by atoms with Crippen LogP contribution in [0.1, 0.15) is 16.1 Å². The normalized spacial score (nSPS) is 10.6. The fourth-order valence-electron chi connectivity index (χ4n) is 2.29. The van der Waals surface area contributed by atoms with Crippen molar-refractivity contribution in [3.05, 3.63) is 75.0 Å². The predicted molar refractivity (Wildman–Crippen MR) is 88.7 cm³/mol. The molecule has 0 aliphatic carbocycles. The maximum atomic E-state index is 12.3. The lowest BCUT2D eigenvalue weighted by Gasteiger charge is -2.07. The van der Waals surface area contributed by atoms with Crippen LogP contribution in [0.4, 0.5) is 5.69 Å². The molecule has 0 radical (unpaired) electrons. The zero-order valence-electron chi connectivity index (χ0n) is 11.8. The third-order valence-electron chi connectivity index (χ3n) is 3.31. The molecule has 2 N–H and O–H groups in total. The average molecular weight is 313 g/mol. The topological polar surface area (TPSA) is 62.0 Å². The van der Waals surface area contributed by atoms with Crippen LogP contribution >= 0.6 is 11.6 Å². The maximum Gasteiger partial charge on any atom is 0.255 e. The van der Waals surface area contributed by atoms with Gasteiger partial charge >= 0.3 is 0 Å². The van der Waals surface area contributed by atoms with Crippen molar-refractivity contribution >= 4 is 34.1 Å². The van der Waals surface area contributed by atoms with E-state index in [0.29, 0.717) is 27.2 Å². The molecule has 1 aromatic heterocycles. The largest absolute Gasteiger partial charge is 0.358 e. The summed E-state index contributed by atoms with van der Waals surface area (Å²) in [4.78, 5) is 27.4. The number of aromatic nitrogens is 1. The third-order valence-corrected chi connectivity index (χ3v) is 3.54. The molecule has 0 bridgehead atoms. The number of nitrogens with one attached hydrogen (secondary N) is 2. The van der Waals surface area contributed by atoms with Crippen molar-refractivity contribution in [2.45, 2.75) is 6.92 Å². The standard InChI is InChI=1S/C17H13ClN2O2/c1-10-7-16(21)14-8-11(5-6-15(14)19-10)17(22)20-13-4-2-3-12(18)9-13/h2-9H,1H3,(H,19,21)(H,20,22). The molecule has 1 amide bonds. The number of amides is 1. The van der Waals surface area contributed by atoms with E-state index in [2.05, 4.69) is 10.3 Å². The summed E-state index contributed by atoms with van der Waals surface area (Å²) in [7, 11) is 0. The summed E-state index contributed by atoms with van der Waals surface area (Å²) in [6.45, 7) is 1.82. The Morgan fingerprint density at radius 1 is 1.14 bits per heavy atom. The van der Waals surface area contributed by atoms with Crippen LogP contribution < -0.4 is 10.7 Å². The first kappa shape index (κ1) is 14.4. The number of aryl methyl sites for hydroxylation is 1. The number of fused-ring (bicyclic) bond motifs is 1. The van der Waals surface area contributed by atoms with Crippen LogP contribution in [0.25, 0.3) is 10.9 Å². The highest BCUT2D eigenvalue weighted by Crippen LogP contribution is 2.17. The van der Waals surface area contributed by atoms with E-state index >= 15 is 0 Å². The summed E-state index contributed by atoms with van der Waals surface area (Å²) in [5.41, 5.74) is 2.42. The Kier molecular flexibility index (Phi) is 3.69. The maximum absolute atomic E-state index is 12.3. The summed E-state index contributed by atoms with van der Waals surface area (Å²) in [6.07, 6.45) is 0. The van der Waals surface area contributed by atoms with E-state index in [1.54, 1.807) is 42.5 Å². The molecule has 4 nitrogen and oxygen atoms in total. The van der Waals surface area contributed by atoms with Gasteiger partial charge in [-0.25, -0.2) is 0 Å². The van der Waals surface area contributed by atoms with Crippen molar-refractivity contribution in [3.8, 4) is 0 Å². The van der Waals surface area contributed by atoms with Crippen molar-refractivity contribution in [2.24, 2.45) is 0 Å². The summed E-state index contributed by atoms with van der Waals surface area (Å²) >= 11 is 5.89. The van der Waals surface area contributed by atoms with Gasteiger partial charge < -0.3 is 10.3 Å². The minimum Gasteiger partial charge on any atom is -0.358 e. The number of benzene rings is 2. The quantitative estimate of drug-likeness (QED) is 0.757. The molecule has 0 fully saturated rings.